The van der Waals surface area contributed by atoms with Gasteiger partial charge in [-0.3, -0.25) is 4.79 Å². The smallest absolute Gasteiger partial charge is 0.348 e. The predicted molar refractivity (Wildman–Crippen MR) is 81.9 cm³/mol. The van der Waals surface area contributed by atoms with E-state index in [0.29, 0.717) is 17.2 Å². The lowest BCUT2D eigenvalue weighted by Crippen LogP contribution is -2.33. The fourth-order valence-electron chi connectivity index (χ4n) is 1.94. The number of fused-ring (bicyclic) bond motifs is 1. The van der Waals surface area contributed by atoms with Gasteiger partial charge in [-0.15, -0.1) is 23.1 Å². The van der Waals surface area contributed by atoms with Crippen LogP contribution in [-0.2, 0) is 16.1 Å². The number of carbonyl (C=O) groups is 2. The highest BCUT2D eigenvalue weighted by molar-refractivity contribution is 8.02. The van der Waals surface area contributed by atoms with E-state index in [4.69, 9.17) is 4.74 Å². The summed E-state index contributed by atoms with van der Waals surface area (Å²) in [5.41, 5.74) is 1.93. The van der Waals surface area contributed by atoms with Gasteiger partial charge in [-0.25, -0.2) is 4.79 Å². The first-order valence-electron chi connectivity index (χ1n) is 5.85. The minimum atomic E-state index is -0.354. The summed E-state index contributed by atoms with van der Waals surface area (Å²) in [6.07, 6.45) is 0. The van der Waals surface area contributed by atoms with Gasteiger partial charge in [0.05, 0.1) is 29.3 Å². The largest absolute Gasteiger partial charge is 0.465 e. The second-order valence-corrected chi connectivity index (χ2v) is 7.25. The number of hydrogen-bond acceptors (Lipinski definition) is 6. The van der Waals surface area contributed by atoms with E-state index in [0.717, 1.165) is 15.5 Å². The maximum absolute atomic E-state index is 12.1. The molecule has 4 nitrogen and oxygen atoms in total. The van der Waals surface area contributed by atoms with Crippen LogP contribution in [0.1, 0.15) is 15.2 Å². The zero-order chi connectivity index (χ0) is 14.1. The number of anilines is 1. The van der Waals surface area contributed by atoms with E-state index < -0.39 is 0 Å². The minimum Gasteiger partial charge on any atom is -0.465 e. The highest BCUT2D eigenvalue weighted by Gasteiger charge is 2.28. The molecule has 0 fully saturated rings. The Bertz CT molecular complexity index is 648. The second-order valence-electron chi connectivity index (χ2n) is 4.18. The molecule has 0 radical (unpaired) electrons. The lowest BCUT2D eigenvalue weighted by molar-refractivity contribution is -0.116. The number of thioether (sulfide) groups is 1. The molecule has 3 heterocycles. The fraction of sp³-hybridized carbons (Fsp3) is 0.231. The monoisotopic (exact) mass is 325 g/mol. The molecule has 0 unspecified atom stereocenters. The van der Waals surface area contributed by atoms with Crippen molar-refractivity contribution in [3.8, 4) is 0 Å². The standard InChI is InChI=1S/C13H11NO3S3/c1-17-12(16)10-4-9-13(20-10)19-7-11(15)14(9)5-8-2-3-18-6-8/h2-4,6H,5,7H2,1H3. The Labute approximate surface area is 128 Å². The van der Waals surface area contributed by atoms with E-state index in [1.165, 1.54) is 30.2 Å². The van der Waals surface area contributed by atoms with Crippen LogP contribution in [0.3, 0.4) is 0 Å². The molecule has 0 aliphatic carbocycles. The highest BCUT2D eigenvalue weighted by atomic mass is 32.2. The number of thiophene rings is 2. The number of esters is 1. The lowest BCUT2D eigenvalue weighted by Gasteiger charge is -2.26. The summed E-state index contributed by atoms with van der Waals surface area (Å²) in [5, 5.41) is 4.02. The van der Waals surface area contributed by atoms with Gasteiger partial charge in [-0.1, -0.05) is 0 Å². The number of nitrogens with zero attached hydrogens (tertiary/aromatic N) is 1. The van der Waals surface area contributed by atoms with Crippen LogP contribution in [0.15, 0.2) is 27.1 Å². The van der Waals surface area contributed by atoms with E-state index in [9.17, 15) is 9.59 Å². The summed E-state index contributed by atoms with van der Waals surface area (Å²) in [7, 11) is 1.36. The molecule has 0 atom stereocenters. The molecule has 0 spiro atoms. The Morgan fingerprint density at radius 3 is 3.05 bits per heavy atom. The van der Waals surface area contributed by atoms with Crippen LogP contribution < -0.4 is 4.90 Å². The van der Waals surface area contributed by atoms with Crippen LogP contribution in [0.5, 0.6) is 0 Å². The van der Waals surface area contributed by atoms with Crippen molar-refractivity contribution in [3.63, 3.8) is 0 Å². The molecular formula is C13H11NO3S3. The van der Waals surface area contributed by atoms with E-state index in [1.54, 1.807) is 22.3 Å². The number of rotatable bonds is 3. The van der Waals surface area contributed by atoms with Crippen molar-refractivity contribution < 1.29 is 14.3 Å². The van der Waals surface area contributed by atoms with Gasteiger partial charge in [0.15, 0.2) is 0 Å². The van der Waals surface area contributed by atoms with Gasteiger partial charge in [-0.2, -0.15) is 11.3 Å². The molecule has 2 aromatic rings. The van der Waals surface area contributed by atoms with Crippen molar-refractivity contribution in [3.05, 3.63) is 33.3 Å². The minimum absolute atomic E-state index is 0.0721. The summed E-state index contributed by atoms with van der Waals surface area (Å²) in [5.74, 6) is 0.133. The zero-order valence-corrected chi connectivity index (χ0v) is 13.1. The Kier molecular flexibility index (Phi) is 3.82. The predicted octanol–water partition coefficient (Wildman–Crippen LogP) is 3.24. The van der Waals surface area contributed by atoms with Crippen molar-refractivity contribution in [2.45, 2.75) is 10.8 Å². The van der Waals surface area contributed by atoms with Crippen molar-refractivity contribution in [2.24, 2.45) is 0 Å². The molecule has 104 valence electrons. The fourth-order valence-corrected chi connectivity index (χ4v) is 4.82. The first-order valence-corrected chi connectivity index (χ1v) is 8.60. The summed E-state index contributed by atoms with van der Waals surface area (Å²) < 4.78 is 5.74. The van der Waals surface area contributed by atoms with Crippen molar-refractivity contribution in [1.82, 2.24) is 0 Å². The van der Waals surface area contributed by atoms with Crippen LogP contribution in [0.25, 0.3) is 0 Å². The van der Waals surface area contributed by atoms with Gasteiger partial charge in [0.2, 0.25) is 5.91 Å². The average molecular weight is 325 g/mol. The molecule has 0 aromatic carbocycles. The van der Waals surface area contributed by atoms with Crippen LogP contribution >= 0.6 is 34.4 Å². The third-order valence-corrected chi connectivity index (χ3v) is 6.00. The van der Waals surface area contributed by atoms with Gasteiger partial charge in [-0.05, 0) is 28.5 Å². The Morgan fingerprint density at radius 1 is 1.50 bits per heavy atom. The van der Waals surface area contributed by atoms with Gasteiger partial charge in [0.1, 0.15) is 4.88 Å². The van der Waals surface area contributed by atoms with Gasteiger partial charge in [0.25, 0.3) is 0 Å². The molecule has 0 bridgehead atoms. The number of methoxy groups -OCH3 is 1. The third-order valence-electron chi connectivity index (χ3n) is 2.91. The van der Waals surface area contributed by atoms with Gasteiger partial charge >= 0.3 is 5.97 Å². The van der Waals surface area contributed by atoms with Crippen molar-refractivity contribution in [2.75, 3.05) is 17.8 Å². The third kappa shape index (κ3) is 2.48. The van der Waals surface area contributed by atoms with E-state index in [2.05, 4.69) is 0 Å². The Morgan fingerprint density at radius 2 is 2.35 bits per heavy atom. The quantitative estimate of drug-likeness (QED) is 0.813. The van der Waals surface area contributed by atoms with E-state index in [-0.39, 0.29) is 11.9 Å². The SMILES string of the molecule is COC(=O)c1cc2c(s1)SCC(=O)N2Cc1ccsc1. The first-order chi connectivity index (χ1) is 9.69. The molecule has 20 heavy (non-hydrogen) atoms. The molecule has 1 amide bonds. The lowest BCUT2D eigenvalue weighted by atomic mass is 10.3. The highest BCUT2D eigenvalue weighted by Crippen LogP contribution is 2.42. The zero-order valence-electron chi connectivity index (χ0n) is 10.6. The molecule has 0 N–H and O–H groups in total. The molecule has 3 rings (SSSR count). The van der Waals surface area contributed by atoms with Crippen LogP contribution in [0, 0.1) is 0 Å². The van der Waals surface area contributed by atoms with Crippen LogP contribution in [0.4, 0.5) is 5.69 Å². The number of ether oxygens (including phenoxy) is 1. The van der Waals surface area contributed by atoms with E-state index >= 15 is 0 Å². The molecule has 2 aromatic heterocycles. The maximum atomic E-state index is 12.1. The summed E-state index contributed by atoms with van der Waals surface area (Å²) in [6.45, 7) is 0.549. The summed E-state index contributed by atoms with van der Waals surface area (Å²) in [6, 6.07) is 3.76. The summed E-state index contributed by atoms with van der Waals surface area (Å²) in [4.78, 5) is 26.0. The number of amides is 1. The average Bonchev–Trinajstić information content (AvgIpc) is 3.10. The van der Waals surface area contributed by atoms with Gasteiger partial charge in [0, 0.05) is 0 Å². The van der Waals surface area contributed by atoms with Crippen LogP contribution in [0.2, 0.25) is 0 Å². The Hall–Kier alpha value is -1.31. The maximum Gasteiger partial charge on any atom is 0.348 e. The van der Waals surface area contributed by atoms with Crippen LogP contribution in [-0.4, -0.2) is 24.7 Å². The molecule has 0 saturated heterocycles. The summed E-state index contributed by atoms with van der Waals surface area (Å²) >= 11 is 4.48. The van der Waals surface area contributed by atoms with Crippen molar-refractivity contribution in [1.29, 1.82) is 0 Å². The number of carbonyl (C=O) groups excluding carboxylic acids is 2. The normalized spacial score (nSPS) is 14.2. The molecule has 1 aliphatic rings. The van der Waals surface area contributed by atoms with Crippen molar-refractivity contribution >= 4 is 52.0 Å². The topological polar surface area (TPSA) is 46.6 Å². The number of hydrogen-bond donors (Lipinski definition) is 0. The second kappa shape index (κ2) is 5.59. The first kappa shape index (κ1) is 13.7. The van der Waals surface area contributed by atoms with Gasteiger partial charge < -0.3 is 9.64 Å². The molecular weight excluding hydrogens is 314 g/mol. The molecule has 7 heteroatoms. The Balaban J connectivity index is 1.94. The molecule has 0 saturated carbocycles. The molecule has 1 aliphatic heterocycles. The van der Waals surface area contributed by atoms with E-state index in [1.807, 2.05) is 16.8 Å².